The molecule has 0 spiro atoms. The lowest BCUT2D eigenvalue weighted by Crippen LogP contribution is -1.99. The minimum atomic E-state index is 0.608. The SMILES string of the molecule is CCOc1ccc(NCc2ccc(Cl)cc2)cc1Cl. The van der Waals surface area contributed by atoms with Gasteiger partial charge >= 0.3 is 0 Å². The molecule has 0 unspecified atom stereocenters. The maximum absolute atomic E-state index is 6.13. The molecule has 100 valence electrons. The Balaban J connectivity index is 1.99. The largest absolute Gasteiger partial charge is 0.492 e. The van der Waals surface area contributed by atoms with Crippen LogP contribution in [0.25, 0.3) is 0 Å². The van der Waals surface area contributed by atoms with E-state index in [-0.39, 0.29) is 0 Å². The van der Waals surface area contributed by atoms with Crippen molar-refractivity contribution >= 4 is 28.9 Å². The average Bonchev–Trinajstić information content (AvgIpc) is 2.41. The third-order valence-electron chi connectivity index (χ3n) is 2.64. The van der Waals surface area contributed by atoms with Crippen LogP contribution in [-0.4, -0.2) is 6.61 Å². The van der Waals surface area contributed by atoms with Crippen molar-refractivity contribution in [3.63, 3.8) is 0 Å². The van der Waals surface area contributed by atoms with Crippen LogP contribution < -0.4 is 10.1 Å². The summed E-state index contributed by atoms with van der Waals surface area (Å²) in [5, 5.41) is 4.66. The molecule has 0 heterocycles. The second-order valence-electron chi connectivity index (χ2n) is 4.06. The zero-order valence-corrected chi connectivity index (χ0v) is 12.1. The van der Waals surface area contributed by atoms with Gasteiger partial charge in [-0.25, -0.2) is 0 Å². The number of rotatable bonds is 5. The maximum atomic E-state index is 6.13. The van der Waals surface area contributed by atoms with Crippen molar-refractivity contribution in [1.29, 1.82) is 0 Å². The van der Waals surface area contributed by atoms with Crippen molar-refractivity contribution in [3.8, 4) is 5.75 Å². The average molecular weight is 296 g/mol. The van der Waals surface area contributed by atoms with Gasteiger partial charge in [0.05, 0.1) is 11.6 Å². The summed E-state index contributed by atoms with van der Waals surface area (Å²) in [6.45, 7) is 3.27. The smallest absolute Gasteiger partial charge is 0.138 e. The summed E-state index contributed by atoms with van der Waals surface area (Å²) < 4.78 is 5.39. The van der Waals surface area contributed by atoms with Crippen LogP contribution in [0.15, 0.2) is 42.5 Å². The molecule has 0 aliphatic rings. The van der Waals surface area contributed by atoms with Gasteiger partial charge < -0.3 is 10.1 Å². The number of nitrogens with one attached hydrogen (secondary N) is 1. The van der Waals surface area contributed by atoms with Crippen LogP contribution in [0.2, 0.25) is 10.0 Å². The van der Waals surface area contributed by atoms with Gasteiger partial charge in [-0.2, -0.15) is 0 Å². The molecule has 0 aliphatic carbocycles. The first-order valence-electron chi connectivity index (χ1n) is 6.09. The number of ether oxygens (including phenoxy) is 1. The minimum absolute atomic E-state index is 0.608. The quantitative estimate of drug-likeness (QED) is 0.838. The zero-order valence-electron chi connectivity index (χ0n) is 10.6. The Morgan fingerprint density at radius 1 is 1.05 bits per heavy atom. The summed E-state index contributed by atoms with van der Waals surface area (Å²) in [7, 11) is 0. The first-order chi connectivity index (χ1) is 9.19. The highest BCUT2D eigenvalue weighted by molar-refractivity contribution is 6.32. The Hall–Kier alpha value is -1.38. The van der Waals surface area contributed by atoms with Gasteiger partial charge in [-0.15, -0.1) is 0 Å². The number of anilines is 1. The molecule has 2 nitrogen and oxygen atoms in total. The van der Waals surface area contributed by atoms with Gasteiger partial charge in [0.2, 0.25) is 0 Å². The van der Waals surface area contributed by atoms with Crippen molar-refractivity contribution in [1.82, 2.24) is 0 Å². The lowest BCUT2D eigenvalue weighted by Gasteiger charge is -2.10. The molecule has 0 saturated carbocycles. The minimum Gasteiger partial charge on any atom is -0.492 e. The van der Waals surface area contributed by atoms with Gasteiger partial charge in [-0.1, -0.05) is 35.3 Å². The van der Waals surface area contributed by atoms with E-state index in [0.29, 0.717) is 17.4 Å². The van der Waals surface area contributed by atoms with Crippen LogP contribution in [0.3, 0.4) is 0 Å². The third-order valence-corrected chi connectivity index (χ3v) is 3.19. The Bertz CT molecular complexity index is 540. The summed E-state index contributed by atoms with van der Waals surface area (Å²) in [4.78, 5) is 0. The molecule has 4 heteroatoms. The van der Waals surface area contributed by atoms with Crippen LogP contribution in [0.1, 0.15) is 12.5 Å². The van der Waals surface area contributed by atoms with E-state index in [1.54, 1.807) is 0 Å². The molecule has 0 amide bonds. The molecule has 2 aromatic carbocycles. The van der Waals surface area contributed by atoms with E-state index in [1.165, 1.54) is 0 Å². The highest BCUT2D eigenvalue weighted by Gasteiger charge is 2.02. The molecule has 19 heavy (non-hydrogen) atoms. The van der Waals surface area contributed by atoms with Crippen LogP contribution in [0.4, 0.5) is 5.69 Å². The van der Waals surface area contributed by atoms with Crippen molar-refractivity contribution in [2.75, 3.05) is 11.9 Å². The van der Waals surface area contributed by atoms with Crippen molar-refractivity contribution < 1.29 is 4.74 Å². The zero-order chi connectivity index (χ0) is 13.7. The summed E-state index contributed by atoms with van der Waals surface area (Å²) >= 11 is 12.0. The van der Waals surface area contributed by atoms with Crippen molar-refractivity contribution in [2.24, 2.45) is 0 Å². The molecule has 0 aromatic heterocycles. The summed E-state index contributed by atoms with van der Waals surface area (Å²) in [5.74, 6) is 0.709. The lowest BCUT2D eigenvalue weighted by molar-refractivity contribution is 0.340. The van der Waals surface area contributed by atoms with E-state index in [9.17, 15) is 0 Å². The number of halogens is 2. The van der Waals surface area contributed by atoms with E-state index in [1.807, 2.05) is 49.4 Å². The molecule has 0 fully saturated rings. The van der Waals surface area contributed by atoms with E-state index in [0.717, 1.165) is 22.8 Å². The molecule has 0 radical (unpaired) electrons. The fourth-order valence-electron chi connectivity index (χ4n) is 1.69. The Labute approximate surface area is 123 Å². The van der Waals surface area contributed by atoms with Gasteiger partial charge in [0, 0.05) is 17.3 Å². The highest BCUT2D eigenvalue weighted by atomic mass is 35.5. The molecular weight excluding hydrogens is 281 g/mol. The molecule has 0 aliphatic heterocycles. The molecule has 0 atom stereocenters. The van der Waals surface area contributed by atoms with E-state index in [4.69, 9.17) is 27.9 Å². The number of hydrogen-bond donors (Lipinski definition) is 1. The van der Waals surface area contributed by atoms with Crippen LogP contribution in [0.5, 0.6) is 5.75 Å². The molecule has 1 N–H and O–H groups in total. The Morgan fingerprint density at radius 3 is 2.42 bits per heavy atom. The first-order valence-corrected chi connectivity index (χ1v) is 6.85. The van der Waals surface area contributed by atoms with Crippen LogP contribution >= 0.6 is 23.2 Å². The maximum Gasteiger partial charge on any atom is 0.138 e. The predicted octanol–water partition coefficient (Wildman–Crippen LogP) is 5.00. The summed E-state index contributed by atoms with van der Waals surface area (Å²) in [6, 6.07) is 13.4. The second-order valence-corrected chi connectivity index (χ2v) is 4.90. The lowest BCUT2D eigenvalue weighted by atomic mass is 10.2. The van der Waals surface area contributed by atoms with Gasteiger partial charge in [0.1, 0.15) is 5.75 Å². The molecule has 0 saturated heterocycles. The standard InChI is InChI=1S/C15H15Cl2NO/c1-2-19-15-8-7-13(9-14(15)17)18-10-11-3-5-12(16)6-4-11/h3-9,18H,2,10H2,1H3. The molecular formula is C15H15Cl2NO. The van der Waals surface area contributed by atoms with Crippen LogP contribution in [-0.2, 0) is 6.54 Å². The normalized spacial score (nSPS) is 10.3. The second kappa shape index (κ2) is 6.69. The van der Waals surface area contributed by atoms with E-state index >= 15 is 0 Å². The number of hydrogen-bond acceptors (Lipinski definition) is 2. The highest BCUT2D eigenvalue weighted by Crippen LogP contribution is 2.27. The summed E-state index contributed by atoms with van der Waals surface area (Å²) in [5.41, 5.74) is 2.12. The third kappa shape index (κ3) is 4.05. The first kappa shape index (κ1) is 14.0. The summed E-state index contributed by atoms with van der Waals surface area (Å²) in [6.07, 6.45) is 0. The fraction of sp³-hybridized carbons (Fsp3) is 0.200. The monoisotopic (exact) mass is 295 g/mol. The number of benzene rings is 2. The van der Waals surface area contributed by atoms with Gasteiger partial charge in [0.25, 0.3) is 0 Å². The van der Waals surface area contributed by atoms with Gasteiger partial charge in [-0.3, -0.25) is 0 Å². The Morgan fingerprint density at radius 2 is 1.79 bits per heavy atom. The van der Waals surface area contributed by atoms with E-state index in [2.05, 4.69) is 5.32 Å². The topological polar surface area (TPSA) is 21.3 Å². The Kier molecular flexibility index (Phi) is 4.94. The van der Waals surface area contributed by atoms with Crippen molar-refractivity contribution in [3.05, 3.63) is 58.1 Å². The van der Waals surface area contributed by atoms with E-state index < -0.39 is 0 Å². The van der Waals surface area contributed by atoms with Gasteiger partial charge in [0.15, 0.2) is 0 Å². The fourth-order valence-corrected chi connectivity index (χ4v) is 2.05. The molecule has 2 rings (SSSR count). The van der Waals surface area contributed by atoms with Crippen LogP contribution in [0, 0.1) is 0 Å². The molecule has 0 bridgehead atoms. The van der Waals surface area contributed by atoms with Crippen molar-refractivity contribution in [2.45, 2.75) is 13.5 Å². The van der Waals surface area contributed by atoms with Gasteiger partial charge in [-0.05, 0) is 42.8 Å². The molecule has 2 aromatic rings. The predicted molar refractivity (Wildman–Crippen MR) is 81.4 cm³/mol.